The minimum Gasteiger partial charge on any atom is -0.491 e. The largest absolute Gasteiger partial charge is 0.491 e. The van der Waals surface area contributed by atoms with E-state index in [4.69, 9.17) is 9.47 Å². The second-order valence-corrected chi connectivity index (χ2v) is 6.44. The molecule has 3 rings (SSSR count). The number of ether oxygens (including phenoxy) is 2. The molecule has 0 fully saturated rings. The fourth-order valence-electron chi connectivity index (χ4n) is 2.60. The Hall–Kier alpha value is -3.71. The van der Waals surface area contributed by atoms with Crippen LogP contribution in [-0.2, 0) is 0 Å². The lowest BCUT2D eigenvalue weighted by molar-refractivity contribution is 0.111. The van der Waals surface area contributed by atoms with Gasteiger partial charge in [0.15, 0.2) is 17.9 Å². The summed E-state index contributed by atoms with van der Waals surface area (Å²) in [6, 6.07) is 6.16. The van der Waals surface area contributed by atoms with Gasteiger partial charge < -0.3 is 14.4 Å². The van der Waals surface area contributed by atoms with Gasteiger partial charge in [-0.2, -0.15) is 5.26 Å². The molecule has 0 atom stereocenters. The third kappa shape index (κ3) is 4.77. The Bertz CT molecular complexity index is 956. The van der Waals surface area contributed by atoms with Gasteiger partial charge in [0.1, 0.15) is 42.1 Å². The number of hydrogen-bond donors (Lipinski definition) is 1. The topological polar surface area (TPSA) is 121 Å². The Morgan fingerprint density at radius 1 is 1.48 bits per heavy atom. The molecule has 2 amide bonds. The number of nitriles is 1. The second-order valence-electron chi connectivity index (χ2n) is 6.44. The molecule has 1 aliphatic heterocycles. The van der Waals surface area contributed by atoms with E-state index >= 15 is 0 Å². The third-order valence-electron chi connectivity index (χ3n) is 4.07. The highest BCUT2D eigenvalue weighted by atomic mass is 16.5. The SMILES string of the molecule is CN(C)CCOc1cc(NC(=O)N2CCOc3ccc(C=O)nc32)ncc1C#N. The van der Waals surface area contributed by atoms with E-state index in [1.165, 1.54) is 23.2 Å². The fourth-order valence-corrected chi connectivity index (χ4v) is 2.60. The number of aldehydes is 1. The van der Waals surface area contributed by atoms with Gasteiger partial charge in [-0.05, 0) is 26.2 Å². The number of aromatic nitrogens is 2. The van der Waals surface area contributed by atoms with E-state index in [9.17, 15) is 14.9 Å². The first-order chi connectivity index (χ1) is 14.0. The van der Waals surface area contributed by atoms with Crippen molar-refractivity contribution >= 4 is 24.0 Å². The molecular formula is C19H20N6O4. The quantitative estimate of drug-likeness (QED) is 0.730. The lowest BCUT2D eigenvalue weighted by Gasteiger charge is -2.28. The van der Waals surface area contributed by atoms with Gasteiger partial charge in [0, 0.05) is 12.6 Å². The highest BCUT2D eigenvalue weighted by Gasteiger charge is 2.26. The van der Waals surface area contributed by atoms with Crippen molar-refractivity contribution < 1.29 is 19.1 Å². The number of pyridine rings is 2. The molecule has 0 unspecified atom stereocenters. The molecule has 2 aromatic heterocycles. The van der Waals surface area contributed by atoms with Crippen LogP contribution in [0.3, 0.4) is 0 Å². The van der Waals surface area contributed by atoms with Crippen LogP contribution in [0.15, 0.2) is 24.4 Å². The average Bonchev–Trinajstić information content (AvgIpc) is 2.72. The number of nitrogens with one attached hydrogen (secondary N) is 1. The van der Waals surface area contributed by atoms with Crippen LogP contribution in [0, 0.1) is 11.3 Å². The summed E-state index contributed by atoms with van der Waals surface area (Å²) in [5.74, 6) is 1.24. The summed E-state index contributed by atoms with van der Waals surface area (Å²) >= 11 is 0. The van der Waals surface area contributed by atoms with Crippen molar-refractivity contribution in [3.63, 3.8) is 0 Å². The van der Waals surface area contributed by atoms with Crippen LogP contribution in [0.2, 0.25) is 0 Å². The Morgan fingerprint density at radius 2 is 2.31 bits per heavy atom. The third-order valence-corrected chi connectivity index (χ3v) is 4.07. The smallest absolute Gasteiger partial charge is 0.328 e. The molecule has 10 heteroatoms. The lowest BCUT2D eigenvalue weighted by Crippen LogP contribution is -2.41. The summed E-state index contributed by atoms with van der Waals surface area (Å²) in [5.41, 5.74) is 0.468. The monoisotopic (exact) mass is 396 g/mol. The van der Waals surface area contributed by atoms with Crippen LogP contribution in [0.25, 0.3) is 0 Å². The molecule has 0 saturated carbocycles. The summed E-state index contributed by atoms with van der Waals surface area (Å²) < 4.78 is 11.1. The number of anilines is 2. The van der Waals surface area contributed by atoms with Crippen LogP contribution >= 0.6 is 0 Å². The lowest BCUT2D eigenvalue weighted by atomic mass is 10.2. The fraction of sp³-hybridized carbons (Fsp3) is 0.316. The molecule has 0 spiro atoms. The molecule has 3 heterocycles. The standard InChI is InChI=1S/C19H20N6O4/c1-24(2)5-7-29-16-9-17(21-11-13(16)10-20)23-19(27)25-6-8-28-15-4-3-14(12-26)22-18(15)25/h3-4,9,11-12H,5-8H2,1-2H3,(H,21,23,27). The zero-order valence-corrected chi connectivity index (χ0v) is 16.1. The van der Waals surface area contributed by atoms with E-state index in [-0.39, 0.29) is 29.4 Å². The van der Waals surface area contributed by atoms with Crippen molar-refractivity contribution in [2.75, 3.05) is 50.6 Å². The van der Waals surface area contributed by atoms with E-state index in [1.807, 2.05) is 25.1 Å². The predicted octanol–water partition coefficient (Wildman–Crippen LogP) is 1.53. The van der Waals surface area contributed by atoms with Crippen molar-refractivity contribution in [1.82, 2.24) is 14.9 Å². The molecule has 0 radical (unpaired) electrons. The normalized spacial score (nSPS) is 12.6. The maximum Gasteiger partial charge on any atom is 0.328 e. The van der Waals surface area contributed by atoms with Crippen molar-refractivity contribution in [2.24, 2.45) is 0 Å². The van der Waals surface area contributed by atoms with Crippen molar-refractivity contribution in [3.05, 3.63) is 35.7 Å². The maximum atomic E-state index is 12.8. The van der Waals surface area contributed by atoms with Crippen molar-refractivity contribution in [1.29, 1.82) is 5.26 Å². The summed E-state index contributed by atoms with van der Waals surface area (Å²) in [7, 11) is 3.83. The Morgan fingerprint density at radius 3 is 3.03 bits per heavy atom. The zero-order valence-electron chi connectivity index (χ0n) is 16.1. The molecule has 29 heavy (non-hydrogen) atoms. The van der Waals surface area contributed by atoms with Gasteiger partial charge in [0.05, 0.1) is 12.7 Å². The van der Waals surface area contributed by atoms with Crippen molar-refractivity contribution in [2.45, 2.75) is 0 Å². The number of likely N-dealkylation sites (N-methyl/N-ethyl adjacent to an activating group) is 1. The number of rotatable bonds is 6. The van der Waals surface area contributed by atoms with Crippen LogP contribution in [0.4, 0.5) is 16.4 Å². The molecule has 0 saturated heterocycles. The van der Waals surface area contributed by atoms with Crippen LogP contribution < -0.4 is 19.7 Å². The minimum absolute atomic E-state index is 0.195. The molecule has 150 valence electrons. The molecule has 0 aliphatic carbocycles. The van der Waals surface area contributed by atoms with Crippen molar-refractivity contribution in [3.8, 4) is 17.6 Å². The Balaban J connectivity index is 1.78. The first-order valence-corrected chi connectivity index (χ1v) is 8.87. The second kappa shape index (κ2) is 8.99. The highest BCUT2D eigenvalue weighted by molar-refractivity contribution is 6.02. The molecule has 1 N–H and O–H groups in total. The van der Waals surface area contributed by atoms with Crippen LogP contribution in [0.5, 0.6) is 11.5 Å². The predicted molar refractivity (Wildman–Crippen MR) is 104 cm³/mol. The molecule has 0 bridgehead atoms. The minimum atomic E-state index is -0.485. The molecule has 2 aromatic rings. The number of fused-ring (bicyclic) bond motifs is 1. The number of urea groups is 1. The van der Waals surface area contributed by atoms with Crippen LogP contribution in [-0.4, -0.2) is 67.6 Å². The first kappa shape index (κ1) is 20.0. The van der Waals surface area contributed by atoms with Gasteiger partial charge in [-0.1, -0.05) is 0 Å². The molecule has 0 aromatic carbocycles. The molecule has 10 nitrogen and oxygen atoms in total. The van der Waals surface area contributed by atoms with Gasteiger partial charge in [0.2, 0.25) is 0 Å². The van der Waals surface area contributed by atoms with E-state index in [0.717, 1.165) is 0 Å². The van der Waals surface area contributed by atoms with Crippen LogP contribution in [0.1, 0.15) is 16.1 Å². The number of carbonyl (C=O) groups excluding carboxylic acids is 2. The maximum absolute atomic E-state index is 12.8. The van der Waals surface area contributed by atoms with E-state index in [1.54, 1.807) is 6.07 Å². The summed E-state index contributed by atoms with van der Waals surface area (Å²) in [5, 5.41) is 11.9. The Kier molecular flexibility index (Phi) is 6.21. The zero-order chi connectivity index (χ0) is 20.8. The number of nitrogens with zero attached hydrogens (tertiary/aromatic N) is 5. The summed E-state index contributed by atoms with van der Waals surface area (Å²) in [4.78, 5) is 35.4. The number of carbonyl (C=O) groups is 2. The number of hydrogen-bond acceptors (Lipinski definition) is 8. The number of amides is 2. The van der Waals surface area contributed by atoms with Gasteiger partial charge in [0.25, 0.3) is 0 Å². The highest BCUT2D eigenvalue weighted by Crippen LogP contribution is 2.30. The average molecular weight is 396 g/mol. The van der Waals surface area contributed by atoms with Gasteiger partial charge >= 0.3 is 6.03 Å². The van der Waals surface area contributed by atoms with Gasteiger partial charge in [-0.15, -0.1) is 0 Å². The van der Waals surface area contributed by atoms with E-state index in [2.05, 4.69) is 15.3 Å². The van der Waals surface area contributed by atoms with E-state index < -0.39 is 6.03 Å². The van der Waals surface area contributed by atoms with Gasteiger partial charge in [-0.3, -0.25) is 15.0 Å². The molecule has 1 aliphatic rings. The summed E-state index contributed by atoms with van der Waals surface area (Å²) in [6.07, 6.45) is 1.95. The summed E-state index contributed by atoms with van der Waals surface area (Å²) in [6.45, 7) is 1.61. The van der Waals surface area contributed by atoms with Gasteiger partial charge in [-0.25, -0.2) is 14.8 Å². The molecular weight excluding hydrogens is 376 g/mol. The first-order valence-electron chi connectivity index (χ1n) is 8.87. The van der Waals surface area contributed by atoms with E-state index in [0.29, 0.717) is 37.5 Å². The Labute approximate surface area is 167 Å².